The first-order valence-electron chi connectivity index (χ1n) is 8.95. The molecule has 1 N–H and O–H groups in total. The zero-order valence-corrected chi connectivity index (χ0v) is 14.8. The quantitative estimate of drug-likeness (QED) is 0.876. The molecule has 0 aliphatic carbocycles. The number of hydrogen-bond acceptors (Lipinski definition) is 5. The number of hydrogen-bond donors (Lipinski definition) is 1. The van der Waals surface area contributed by atoms with Gasteiger partial charge in [-0.2, -0.15) is 0 Å². The Morgan fingerprint density at radius 3 is 2.84 bits per heavy atom. The van der Waals surface area contributed by atoms with E-state index in [0.29, 0.717) is 39.5 Å². The van der Waals surface area contributed by atoms with Gasteiger partial charge in [-0.15, -0.1) is 0 Å². The van der Waals surface area contributed by atoms with Gasteiger partial charge in [0.15, 0.2) is 0 Å². The van der Waals surface area contributed by atoms with Gasteiger partial charge in [0, 0.05) is 44.5 Å². The molecule has 25 heavy (non-hydrogen) atoms. The second-order valence-corrected chi connectivity index (χ2v) is 6.25. The van der Waals surface area contributed by atoms with Crippen molar-refractivity contribution in [3.05, 3.63) is 24.3 Å². The van der Waals surface area contributed by atoms with E-state index in [2.05, 4.69) is 10.2 Å². The van der Waals surface area contributed by atoms with E-state index in [1.807, 2.05) is 36.1 Å². The molecule has 3 rings (SSSR count). The highest BCUT2D eigenvalue weighted by atomic mass is 16.6. The first-order chi connectivity index (χ1) is 12.2. The van der Waals surface area contributed by atoms with E-state index in [9.17, 15) is 4.79 Å². The third-order valence-electron chi connectivity index (χ3n) is 4.40. The minimum Gasteiger partial charge on any atom is -0.494 e. The number of benzene rings is 1. The van der Waals surface area contributed by atoms with E-state index in [4.69, 9.17) is 14.2 Å². The summed E-state index contributed by atoms with van der Waals surface area (Å²) in [5.41, 5.74) is 0.756. The molecule has 2 aliphatic heterocycles. The van der Waals surface area contributed by atoms with E-state index in [1.165, 1.54) is 0 Å². The van der Waals surface area contributed by atoms with Crippen LogP contribution in [-0.4, -0.2) is 81.1 Å². The minimum absolute atomic E-state index is 0.0643. The molecule has 0 aromatic heterocycles. The maximum absolute atomic E-state index is 12.4. The Bertz CT molecular complexity index is 555. The van der Waals surface area contributed by atoms with Crippen LogP contribution in [0.3, 0.4) is 0 Å². The van der Waals surface area contributed by atoms with Crippen LogP contribution in [0.1, 0.15) is 6.92 Å². The highest BCUT2D eigenvalue weighted by Gasteiger charge is 2.24. The van der Waals surface area contributed by atoms with Crippen LogP contribution >= 0.6 is 0 Å². The van der Waals surface area contributed by atoms with Crippen LogP contribution in [0.5, 0.6) is 5.75 Å². The van der Waals surface area contributed by atoms with Crippen LogP contribution in [0.25, 0.3) is 0 Å². The maximum atomic E-state index is 12.4. The Kier molecular flexibility index (Phi) is 6.49. The third kappa shape index (κ3) is 5.32. The van der Waals surface area contributed by atoms with E-state index < -0.39 is 0 Å². The van der Waals surface area contributed by atoms with Gasteiger partial charge in [-0.1, -0.05) is 6.07 Å². The van der Waals surface area contributed by atoms with E-state index >= 15 is 0 Å². The standard InChI is InChI=1S/C18H27N3O4/c1-2-24-16-5-3-4-15(12-16)19-18(22)21-8-6-20(7-9-21)13-17-14-23-10-11-25-17/h3-5,12,17H,2,6-11,13-14H2,1H3,(H,19,22). The summed E-state index contributed by atoms with van der Waals surface area (Å²) in [6.45, 7) is 8.57. The Morgan fingerprint density at radius 1 is 1.28 bits per heavy atom. The zero-order chi connectivity index (χ0) is 17.5. The van der Waals surface area contributed by atoms with Crippen molar-refractivity contribution in [1.29, 1.82) is 0 Å². The highest BCUT2D eigenvalue weighted by Crippen LogP contribution is 2.18. The van der Waals surface area contributed by atoms with Crippen molar-refractivity contribution in [2.75, 3.05) is 64.5 Å². The third-order valence-corrected chi connectivity index (χ3v) is 4.40. The summed E-state index contributed by atoms with van der Waals surface area (Å²) in [4.78, 5) is 16.6. The first kappa shape index (κ1) is 18.0. The van der Waals surface area contributed by atoms with E-state index in [-0.39, 0.29) is 12.1 Å². The molecule has 0 saturated carbocycles. The average molecular weight is 349 g/mol. The Morgan fingerprint density at radius 2 is 2.12 bits per heavy atom. The number of ether oxygens (including phenoxy) is 3. The van der Waals surface area contributed by atoms with Crippen molar-refractivity contribution in [2.45, 2.75) is 13.0 Å². The monoisotopic (exact) mass is 349 g/mol. The number of nitrogens with zero attached hydrogens (tertiary/aromatic N) is 2. The lowest BCUT2D eigenvalue weighted by Crippen LogP contribution is -2.52. The van der Waals surface area contributed by atoms with Gasteiger partial charge in [0.25, 0.3) is 0 Å². The molecule has 2 aliphatic rings. The topological polar surface area (TPSA) is 63.3 Å². The molecule has 7 nitrogen and oxygen atoms in total. The van der Waals surface area contributed by atoms with Crippen molar-refractivity contribution in [3.8, 4) is 5.75 Å². The Hall–Kier alpha value is -1.83. The lowest BCUT2D eigenvalue weighted by Gasteiger charge is -2.37. The normalized spacial score (nSPS) is 21.8. The summed E-state index contributed by atoms with van der Waals surface area (Å²) >= 11 is 0. The van der Waals surface area contributed by atoms with Crippen molar-refractivity contribution >= 4 is 11.7 Å². The van der Waals surface area contributed by atoms with Gasteiger partial charge in [0.2, 0.25) is 0 Å². The number of nitrogens with one attached hydrogen (secondary N) is 1. The second-order valence-electron chi connectivity index (χ2n) is 6.25. The molecular weight excluding hydrogens is 322 g/mol. The number of piperazine rings is 1. The zero-order valence-electron chi connectivity index (χ0n) is 14.8. The summed E-state index contributed by atoms with van der Waals surface area (Å²) in [6.07, 6.45) is 0.149. The molecule has 0 bridgehead atoms. The van der Waals surface area contributed by atoms with E-state index in [1.54, 1.807) is 0 Å². The van der Waals surface area contributed by atoms with Crippen molar-refractivity contribution in [2.24, 2.45) is 0 Å². The molecule has 1 unspecified atom stereocenters. The first-order valence-corrected chi connectivity index (χ1v) is 8.95. The molecular formula is C18H27N3O4. The molecule has 2 heterocycles. The molecule has 7 heteroatoms. The molecule has 1 atom stereocenters. The van der Waals surface area contributed by atoms with Gasteiger partial charge >= 0.3 is 6.03 Å². The van der Waals surface area contributed by atoms with Crippen LogP contribution in [-0.2, 0) is 9.47 Å². The fourth-order valence-electron chi connectivity index (χ4n) is 3.10. The van der Waals surface area contributed by atoms with Gasteiger partial charge in [0.1, 0.15) is 5.75 Å². The predicted octanol–water partition coefficient (Wildman–Crippen LogP) is 1.65. The largest absolute Gasteiger partial charge is 0.494 e. The van der Waals surface area contributed by atoms with Gasteiger partial charge in [-0.25, -0.2) is 4.79 Å². The van der Waals surface area contributed by atoms with Crippen LogP contribution < -0.4 is 10.1 Å². The summed E-state index contributed by atoms with van der Waals surface area (Å²) < 4.78 is 16.6. The summed E-state index contributed by atoms with van der Waals surface area (Å²) in [5, 5.41) is 2.95. The molecule has 0 radical (unpaired) electrons. The summed E-state index contributed by atoms with van der Waals surface area (Å²) in [5.74, 6) is 0.764. The van der Waals surface area contributed by atoms with Crippen LogP contribution in [0, 0.1) is 0 Å². The lowest BCUT2D eigenvalue weighted by molar-refractivity contribution is -0.0992. The van der Waals surface area contributed by atoms with Crippen LogP contribution in [0.2, 0.25) is 0 Å². The number of anilines is 1. The molecule has 1 aromatic rings. The summed E-state index contributed by atoms with van der Waals surface area (Å²) in [7, 11) is 0. The maximum Gasteiger partial charge on any atom is 0.321 e. The molecule has 1 aromatic carbocycles. The van der Waals surface area contributed by atoms with Crippen molar-refractivity contribution in [3.63, 3.8) is 0 Å². The van der Waals surface area contributed by atoms with Gasteiger partial charge in [-0.3, -0.25) is 4.90 Å². The second kappa shape index (κ2) is 9.03. The fourth-order valence-corrected chi connectivity index (χ4v) is 3.10. The minimum atomic E-state index is -0.0643. The molecule has 2 amide bonds. The van der Waals surface area contributed by atoms with Crippen LogP contribution in [0.15, 0.2) is 24.3 Å². The highest BCUT2D eigenvalue weighted by molar-refractivity contribution is 5.89. The smallest absolute Gasteiger partial charge is 0.321 e. The average Bonchev–Trinajstić information content (AvgIpc) is 2.64. The van der Waals surface area contributed by atoms with E-state index in [0.717, 1.165) is 31.1 Å². The number of carbonyl (C=O) groups is 1. The SMILES string of the molecule is CCOc1cccc(NC(=O)N2CCN(CC3COCCO3)CC2)c1. The van der Waals surface area contributed by atoms with Crippen molar-refractivity contribution < 1.29 is 19.0 Å². The van der Waals surface area contributed by atoms with Gasteiger partial charge in [-0.05, 0) is 19.1 Å². The number of rotatable bonds is 5. The predicted molar refractivity (Wildman–Crippen MR) is 95.2 cm³/mol. The summed E-state index contributed by atoms with van der Waals surface area (Å²) in [6, 6.07) is 7.42. The number of amides is 2. The van der Waals surface area contributed by atoms with Crippen molar-refractivity contribution in [1.82, 2.24) is 9.80 Å². The molecule has 2 saturated heterocycles. The van der Waals surface area contributed by atoms with Gasteiger partial charge in [0.05, 0.1) is 32.5 Å². The lowest BCUT2D eigenvalue weighted by atomic mass is 10.2. The molecule has 138 valence electrons. The van der Waals surface area contributed by atoms with Gasteiger partial charge < -0.3 is 24.4 Å². The molecule has 2 fully saturated rings. The molecule has 0 spiro atoms. The number of carbonyl (C=O) groups excluding carboxylic acids is 1. The Balaban J connectivity index is 1.44. The fraction of sp³-hybridized carbons (Fsp3) is 0.611. The Labute approximate surface area is 148 Å². The number of urea groups is 1. The van der Waals surface area contributed by atoms with Crippen LogP contribution in [0.4, 0.5) is 10.5 Å².